The molecule has 3 heteroatoms. The number of Topliss-reactive ketones (excluding diaryl/α,β-unsaturated/α-hetero) is 1. The van der Waals surface area contributed by atoms with Gasteiger partial charge in [-0.15, -0.1) is 0 Å². The molecular formula is C19H31NO2. The quantitative estimate of drug-likeness (QED) is 0.594. The van der Waals surface area contributed by atoms with Gasteiger partial charge in [0.05, 0.1) is 5.56 Å². The number of benzene rings is 1. The SMILES string of the molecule is CCCCC(=O)c1ccccc1OCCN(C(C)C)C(C)C. The smallest absolute Gasteiger partial charge is 0.166 e. The van der Waals surface area contributed by atoms with E-state index in [9.17, 15) is 4.79 Å². The highest BCUT2D eigenvalue weighted by molar-refractivity contribution is 5.98. The summed E-state index contributed by atoms with van der Waals surface area (Å²) in [7, 11) is 0. The lowest BCUT2D eigenvalue weighted by Gasteiger charge is -2.30. The van der Waals surface area contributed by atoms with Crippen LogP contribution in [-0.4, -0.2) is 35.9 Å². The van der Waals surface area contributed by atoms with E-state index in [2.05, 4.69) is 39.5 Å². The molecule has 0 saturated carbocycles. The summed E-state index contributed by atoms with van der Waals surface area (Å²) in [4.78, 5) is 14.6. The molecule has 3 nitrogen and oxygen atoms in total. The number of carbonyl (C=O) groups is 1. The van der Waals surface area contributed by atoms with Crippen molar-refractivity contribution in [1.29, 1.82) is 0 Å². The summed E-state index contributed by atoms with van der Waals surface area (Å²) in [6.45, 7) is 12.4. The maximum atomic E-state index is 12.2. The Morgan fingerprint density at radius 3 is 2.36 bits per heavy atom. The minimum atomic E-state index is 0.182. The molecular weight excluding hydrogens is 274 g/mol. The third-order valence-electron chi connectivity index (χ3n) is 3.88. The van der Waals surface area contributed by atoms with Gasteiger partial charge in [0.25, 0.3) is 0 Å². The Morgan fingerprint density at radius 1 is 1.14 bits per heavy atom. The fourth-order valence-electron chi connectivity index (χ4n) is 2.67. The molecule has 0 aliphatic rings. The first-order valence-corrected chi connectivity index (χ1v) is 8.48. The van der Waals surface area contributed by atoms with Gasteiger partial charge in [-0.2, -0.15) is 0 Å². The summed E-state index contributed by atoms with van der Waals surface area (Å²) in [5, 5.41) is 0. The topological polar surface area (TPSA) is 29.5 Å². The van der Waals surface area contributed by atoms with E-state index in [-0.39, 0.29) is 5.78 Å². The molecule has 1 aromatic rings. The number of rotatable bonds is 10. The zero-order valence-corrected chi connectivity index (χ0v) is 14.8. The van der Waals surface area contributed by atoms with Crippen LogP contribution < -0.4 is 4.74 Å². The van der Waals surface area contributed by atoms with Crippen molar-refractivity contribution in [3.8, 4) is 5.75 Å². The van der Waals surface area contributed by atoms with Gasteiger partial charge in [0.2, 0.25) is 0 Å². The number of nitrogens with zero attached hydrogens (tertiary/aromatic N) is 1. The predicted molar refractivity (Wildman–Crippen MR) is 92.8 cm³/mol. The monoisotopic (exact) mass is 305 g/mol. The van der Waals surface area contributed by atoms with Gasteiger partial charge in [-0.1, -0.05) is 25.5 Å². The van der Waals surface area contributed by atoms with Crippen LogP contribution in [0.4, 0.5) is 0 Å². The van der Waals surface area contributed by atoms with E-state index in [1.807, 2.05) is 24.3 Å². The second-order valence-electron chi connectivity index (χ2n) is 6.30. The van der Waals surface area contributed by atoms with E-state index in [4.69, 9.17) is 4.74 Å². The maximum absolute atomic E-state index is 12.2. The Labute approximate surface area is 135 Å². The van der Waals surface area contributed by atoms with Crippen LogP contribution in [0.2, 0.25) is 0 Å². The number of ketones is 1. The normalized spacial score (nSPS) is 11.5. The largest absolute Gasteiger partial charge is 0.491 e. The molecule has 124 valence electrons. The van der Waals surface area contributed by atoms with Crippen molar-refractivity contribution in [1.82, 2.24) is 4.90 Å². The Kier molecular flexibility index (Phi) is 8.18. The molecule has 22 heavy (non-hydrogen) atoms. The van der Waals surface area contributed by atoms with E-state index in [0.29, 0.717) is 25.1 Å². The van der Waals surface area contributed by atoms with Crippen molar-refractivity contribution in [2.24, 2.45) is 0 Å². The Morgan fingerprint density at radius 2 is 1.77 bits per heavy atom. The average molecular weight is 305 g/mol. The number of hydrogen-bond acceptors (Lipinski definition) is 3. The lowest BCUT2D eigenvalue weighted by Crippen LogP contribution is -2.39. The summed E-state index contributed by atoms with van der Waals surface area (Å²) >= 11 is 0. The van der Waals surface area contributed by atoms with Gasteiger partial charge in [0.1, 0.15) is 12.4 Å². The van der Waals surface area contributed by atoms with E-state index in [1.165, 1.54) is 0 Å². The predicted octanol–water partition coefficient (Wildman–Crippen LogP) is 4.56. The molecule has 0 heterocycles. The number of carbonyl (C=O) groups excluding carboxylic acids is 1. The number of para-hydroxylation sites is 1. The van der Waals surface area contributed by atoms with Crippen LogP contribution in [-0.2, 0) is 0 Å². The summed E-state index contributed by atoms with van der Waals surface area (Å²) < 4.78 is 5.91. The second-order valence-corrected chi connectivity index (χ2v) is 6.30. The van der Waals surface area contributed by atoms with Crippen molar-refractivity contribution in [3.63, 3.8) is 0 Å². The first-order chi connectivity index (χ1) is 10.5. The Balaban J connectivity index is 2.64. The minimum absolute atomic E-state index is 0.182. The Bertz CT molecular complexity index is 447. The van der Waals surface area contributed by atoms with Gasteiger partial charge in [-0.05, 0) is 46.2 Å². The van der Waals surface area contributed by atoms with Gasteiger partial charge in [0, 0.05) is 25.0 Å². The summed E-state index contributed by atoms with van der Waals surface area (Å²) in [6.07, 6.45) is 2.56. The van der Waals surface area contributed by atoms with Crippen molar-refractivity contribution in [2.45, 2.75) is 66.0 Å². The molecule has 0 spiro atoms. The van der Waals surface area contributed by atoms with Crippen LogP contribution in [0.5, 0.6) is 5.75 Å². The van der Waals surface area contributed by atoms with E-state index < -0.39 is 0 Å². The van der Waals surface area contributed by atoms with Gasteiger partial charge < -0.3 is 4.74 Å². The molecule has 0 amide bonds. The van der Waals surface area contributed by atoms with Crippen molar-refractivity contribution < 1.29 is 9.53 Å². The third-order valence-corrected chi connectivity index (χ3v) is 3.88. The van der Waals surface area contributed by atoms with Crippen LogP contribution in [0.25, 0.3) is 0 Å². The molecule has 0 N–H and O–H groups in total. The molecule has 0 unspecified atom stereocenters. The van der Waals surface area contributed by atoms with Crippen LogP contribution in [0, 0.1) is 0 Å². The molecule has 0 fully saturated rings. The van der Waals surface area contributed by atoms with E-state index in [0.717, 1.165) is 30.7 Å². The van der Waals surface area contributed by atoms with Crippen LogP contribution in [0.15, 0.2) is 24.3 Å². The summed E-state index contributed by atoms with van der Waals surface area (Å²) in [5.41, 5.74) is 0.719. The van der Waals surface area contributed by atoms with Gasteiger partial charge in [-0.25, -0.2) is 0 Å². The lowest BCUT2D eigenvalue weighted by atomic mass is 10.0. The number of hydrogen-bond donors (Lipinski definition) is 0. The van der Waals surface area contributed by atoms with Gasteiger partial charge >= 0.3 is 0 Å². The van der Waals surface area contributed by atoms with E-state index >= 15 is 0 Å². The highest BCUT2D eigenvalue weighted by atomic mass is 16.5. The Hall–Kier alpha value is -1.35. The fourth-order valence-corrected chi connectivity index (χ4v) is 2.67. The van der Waals surface area contributed by atoms with Crippen LogP contribution >= 0.6 is 0 Å². The van der Waals surface area contributed by atoms with Crippen molar-refractivity contribution in [2.75, 3.05) is 13.2 Å². The van der Waals surface area contributed by atoms with Crippen LogP contribution in [0.1, 0.15) is 64.2 Å². The molecule has 0 aromatic heterocycles. The molecule has 0 aliphatic carbocycles. The molecule has 0 saturated heterocycles. The third kappa shape index (κ3) is 5.80. The summed E-state index contributed by atoms with van der Waals surface area (Å²) in [6, 6.07) is 8.58. The lowest BCUT2D eigenvalue weighted by molar-refractivity contribution is 0.0972. The number of unbranched alkanes of at least 4 members (excludes halogenated alkanes) is 1. The maximum Gasteiger partial charge on any atom is 0.166 e. The molecule has 0 radical (unpaired) electrons. The first kappa shape index (κ1) is 18.7. The van der Waals surface area contributed by atoms with Gasteiger partial charge in [0.15, 0.2) is 5.78 Å². The summed E-state index contributed by atoms with van der Waals surface area (Å²) in [5.74, 6) is 0.901. The molecule has 0 aliphatic heterocycles. The molecule has 0 bridgehead atoms. The molecule has 1 rings (SSSR count). The van der Waals surface area contributed by atoms with Crippen molar-refractivity contribution >= 4 is 5.78 Å². The van der Waals surface area contributed by atoms with E-state index in [1.54, 1.807) is 0 Å². The number of ether oxygens (including phenoxy) is 1. The zero-order chi connectivity index (χ0) is 16.5. The van der Waals surface area contributed by atoms with Gasteiger partial charge in [-0.3, -0.25) is 9.69 Å². The zero-order valence-electron chi connectivity index (χ0n) is 14.8. The highest BCUT2D eigenvalue weighted by Gasteiger charge is 2.15. The molecule has 1 aromatic carbocycles. The molecule has 0 atom stereocenters. The van der Waals surface area contributed by atoms with Crippen LogP contribution in [0.3, 0.4) is 0 Å². The average Bonchev–Trinajstić information content (AvgIpc) is 2.48. The second kappa shape index (κ2) is 9.62. The first-order valence-electron chi connectivity index (χ1n) is 8.48. The highest BCUT2D eigenvalue weighted by Crippen LogP contribution is 2.20. The standard InChI is InChI=1S/C19H31NO2/c1-6-7-11-18(21)17-10-8-9-12-19(17)22-14-13-20(15(2)3)16(4)5/h8-10,12,15-16H,6-7,11,13-14H2,1-5H3. The minimum Gasteiger partial charge on any atom is -0.491 e. The fraction of sp³-hybridized carbons (Fsp3) is 0.632. The van der Waals surface area contributed by atoms with Crippen molar-refractivity contribution in [3.05, 3.63) is 29.8 Å².